The highest BCUT2D eigenvalue weighted by Crippen LogP contribution is 2.31. The van der Waals surface area contributed by atoms with Gasteiger partial charge in [0.15, 0.2) is 0 Å². The SMILES string of the molecule is COc1cc(OC)cc(-c2nnc(S[C@@H](C)C(=O)N[C@@](C)(C#N)C(C)C)o2)c1. The number of nitrogens with zero attached hydrogens (tertiary/aromatic N) is 3. The molecule has 0 saturated heterocycles. The minimum atomic E-state index is -0.941. The van der Waals surface area contributed by atoms with Crippen LogP contribution >= 0.6 is 11.8 Å². The van der Waals surface area contributed by atoms with Gasteiger partial charge in [0, 0.05) is 11.6 Å². The Kier molecular flexibility index (Phi) is 6.91. The fourth-order valence-electron chi connectivity index (χ4n) is 2.17. The maximum absolute atomic E-state index is 12.5. The van der Waals surface area contributed by atoms with Crippen LogP contribution in [0.4, 0.5) is 0 Å². The van der Waals surface area contributed by atoms with Crippen LogP contribution in [0, 0.1) is 17.2 Å². The van der Waals surface area contributed by atoms with Crippen molar-refractivity contribution in [3.8, 4) is 29.0 Å². The summed E-state index contributed by atoms with van der Waals surface area (Å²) in [6.07, 6.45) is 0. The molecule has 2 aromatic rings. The maximum atomic E-state index is 12.5. The summed E-state index contributed by atoms with van der Waals surface area (Å²) in [5, 5.41) is 19.9. The van der Waals surface area contributed by atoms with Gasteiger partial charge in [0.2, 0.25) is 11.8 Å². The molecule has 2 atom stereocenters. The third-order valence-corrected chi connectivity index (χ3v) is 5.36. The molecule has 0 aliphatic carbocycles. The number of benzene rings is 1. The third kappa shape index (κ3) is 4.95. The molecule has 0 spiro atoms. The van der Waals surface area contributed by atoms with E-state index in [1.54, 1.807) is 46.3 Å². The van der Waals surface area contributed by atoms with E-state index >= 15 is 0 Å². The quantitative estimate of drug-likeness (QED) is 0.667. The van der Waals surface area contributed by atoms with Gasteiger partial charge in [0.25, 0.3) is 5.22 Å². The molecule has 0 bridgehead atoms. The first-order valence-electron chi connectivity index (χ1n) is 8.69. The molecule has 2 rings (SSSR count). The average molecular weight is 404 g/mol. The first-order chi connectivity index (χ1) is 13.2. The molecule has 1 aromatic heterocycles. The normalized spacial score (nSPS) is 14.1. The van der Waals surface area contributed by atoms with Gasteiger partial charge in [-0.25, -0.2) is 0 Å². The molecule has 0 radical (unpaired) electrons. The van der Waals surface area contributed by atoms with Crippen molar-refractivity contribution in [3.05, 3.63) is 18.2 Å². The van der Waals surface area contributed by atoms with Crippen molar-refractivity contribution in [3.63, 3.8) is 0 Å². The molecule has 1 aromatic carbocycles. The molecule has 150 valence electrons. The predicted molar refractivity (Wildman–Crippen MR) is 105 cm³/mol. The summed E-state index contributed by atoms with van der Waals surface area (Å²) in [4.78, 5) is 12.5. The fourth-order valence-corrected chi connectivity index (χ4v) is 2.85. The van der Waals surface area contributed by atoms with E-state index in [2.05, 4.69) is 21.6 Å². The highest BCUT2D eigenvalue weighted by Gasteiger charge is 2.32. The molecule has 1 amide bonds. The zero-order chi connectivity index (χ0) is 20.9. The van der Waals surface area contributed by atoms with Crippen LogP contribution in [0.25, 0.3) is 11.5 Å². The van der Waals surface area contributed by atoms with Gasteiger partial charge in [-0.3, -0.25) is 4.79 Å². The van der Waals surface area contributed by atoms with Crippen LogP contribution < -0.4 is 14.8 Å². The second-order valence-electron chi connectivity index (χ2n) is 6.69. The number of nitrogens with one attached hydrogen (secondary N) is 1. The van der Waals surface area contributed by atoms with Gasteiger partial charge >= 0.3 is 0 Å². The van der Waals surface area contributed by atoms with Crippen LogP contribution in [0.5, 0.6) is 11.5 Å². The second-order valence-corrected chi connectivity index (χ2v) is 7.98. The molecule has 0 aliphatic heterocycles. The van der Waals surface area contributed by atoms with Gasteiger partial charge in [0.05, 0.1) is 25.5 Å². The first kappa shape index (κ1) is 21.6. The van der Waals surface area contributed by atoms with Crippen molar-refractivity contribution in [1.82, 2.24) is 15.5 Å². The minimum Gasteiger partial charge on any atom is -0.497 e. The van der Waals surface area contributed by atoms with Crippen LogP contribution in [0.15, 0.2) is 27.8 Å². The van der Waals surface area contributed by atoms with Crippen molar-refractivity contribution >= 4 is 17.7 Å². The summed E-state index contributed by atoms with van der Waals surface area (Å²) in [5.41, 5.74) is -0.298. The van der Waals surface area contributed by atoms with Gasteiger partial charge in [-0.2, -0.15) is 5.26 Å². The molecule has 0 saturated carbocycles. The fraction of sp³-hybridized carbons (Fsp3) is 0.474. The number of rotatable bonds is 8. The van der Waals surface area contributed by atoms with E-state index in [0.717, 1.165) is 11.8 Å². The van der Waals surface area contributed by atoms with E-state index in [9.17, 15) is 10.1 Å². The lowest BCUT2D eigenvalue weighted by Gasteiger charge is -2.28. The topological polar surface area (TPSA) is 110 Å². The van der Waals surface area contributed by atoms with Gasteiger partial charge in [-0.15, -0.1) is 10.2 Å². The van der Waals surface area contributed by atoms with Crippen molar-refractivity contribution in [2.75, 3.05) is 14.2 Å². The minimum absolute atomic E-state index is 0.0308. The Labute approximate surface area is 168 Å². The van der Waals surface area contributed by atoms with Gasteiger partial charge in [-0.05, 0) is 31.9 Å². The monoisotopic (exact) mass is 404 g/mol. The Morgan fingerprint density at radius 3 is 2.32 bits per heavy atom. The average Bonchev–Trinajstić information content (AvgIpc) is 3.15. The second kappa shape index (κ2) is 8.97. The van der Waals surface area contributed by atoms with Gasteiger partial charge in [-0.1, -0.05) is 25.6 Å². The van der Waals surface area contributed by atoms with E-state index in [-0.39, 0.29) is 22.9 Å². The first-order valence-corrected chi connectivity index (χ1v) is 9.57. The lowest BCUT2D eigenvalue weighted by atomic mass is 9.90. The van der Waals surface area contributed by atoms with Crippen LogP contribution in [0.1, 0.15) is 27.7 Å². The summed E-state index contributed by atoms with van der Waals surface area (Å²) < 4.78 is 16.2. The maximum Gasteiger partial charge on any atom is 0.277 e. The predicted octanol–water partition coefficient (Wildman–Crippen LogP) is 3.29. The number of carbonyl (C=O) groups excluding carboxylic acids is 1. The summed E-state index contributed by atoms with van der Waals surface area (Å²) in [5.74, 6) is 1.18. The van der Waals surface area contributed by atoms with E-state index in [1.807, 2.05) is 13.8 Å². The highest BCUT2D eigenvalue weighted by atomic mass is 32.2. The molecule has 9 heteroatoms. The molecular weight excluding hydrogens is 380 g/mol. The summed E-state index contributed by atoms with van der Waals surface area (Å²) in [7, 11) is 3.11. The molecule has 0 unspecified atom stereocenters. The number of hydrogen-bond acceptors (Lipinski definition) is 8. The zero-order valence-electron chi connectivity index (χ0n) is 16.8. The Morgan fingerprint density at radius 1 is 1.21 bits per heavy atom. The number of thioether (sulfide) groups is 1. The molecular formula is C19H24N4O4S. The third-order valence-electron chi connectivity index (χ3n) is 4.42. The Balaban J connectivity index is 2.13. The molecule has 0 aliphatic rings. The van der Waals surface area contributed by atoms with Crippen LogP contribution in [-0.2, 0) is 4.79 Å². The number of carbonyl (C=O) groups is 1. The lowest BCUT2D eigenvalue weighted by molar-refractivity contribution is -0.121. The van der Waals surface area contributed by atoms with Crippen molar-refractivity contribution in [2.24, 2.45) is 5.92 Å². The molecule has 8 nitrogen and oxygen atoms in total. The van der Waals surface area contributed by atoms with E-state index in [0.29, 0.717) is 17.1 Å². The number of methoxy groups -OCH3 is 2. The largest absolute Gasteiger partial charge is 0.497 e. The summed E-state index contributed by atoms with van der Waals surface area (Å²) in [6, 6.07) is 7.40. The highest BCUT2D eigenvalue weighted by molar-refractivity contribution is 8.00. The number of hydrogen-bond donors (Lipinski definition) is 1. The van der Waals surface area contributed by atoms with Gasteiger partial charge < -0.3 is 19.2 Å². The Morgan fingerprint density at radius 2 is 1.82 bits per heavy atom. The zero-order valence-corrected chi connectivity index (χ0v) is 17.6. The number of amides is 1. The molecule has 0 fully saturated rings. The van der Waals surface area contributed by atoms with E-state index in [4.69, 9.17) is 13.9 Å². The van der Waals surface area contributed by atoms with Crippen molar-refractivity contribution < 1.29 is 18.7 Å². The standard InChI is InChI=1S/C19H24N4O4S/c1-11(2)19(4,10-20)21-16(24)12(3)28-18-23-22-17(27-18)13-7-14(25-5)9-15(8-13)26-6/h7-9,11-12H,1-6H3,(H,21,24)/t12-,19-/m0/s1. The van der Waals surface area contributed by atoms with E-state index < -0.39 is 10.8 Å². The number of nitriles is 1. The molecule has 1 heterocycles. The van der Waals surface area contributed by atoms with Gasteiger partial charge in [0.1, 0.15) is 17.0 Å². The number of aromatic nitrogens is 2. The molecule has 28 heavy (non-hydrogen) atoms. The summed E-state index contributed by atoms with van der Waals surface area (Å²) in [6.45, 7) is 7.19. The van der Waals surface area contributed by atoms with Crippen LogP contribution in [-0.4, -0.2) is 41.1 Å². The Bertz CT molecular complexity index is 855. The Hall–Kier alpha value is -2.73. The van der Waals surface area contributed by atoms with Crippen LogP contribution in [0.2, 0.25) is 0 Å². The van der Waals surface area contributed by atoms with Crippen LogP contribution in [0.3, 0.4) is 0 Å². The number of ether oxygens (including phenoxy) is 2. The van der Waals surface area contributed by atoms with E-state index in [1.165, 1.54) is 0 Å². The van der Waals surface area contributed by atoms with Crippen molar-refractivity contribution in [2.45, 2.75) is 43.7 Å². The lowest BCUT2D eigenvalue weighted by Crippen LogP contribution is -2.51. The smallest absolute Gasteiger partial charge is 0.277 e. The van der Waals surface area contributed by atoms with Crippen molar-refractivity contribution in [1.29, 1.82) is 5.26 Å². The molecule has 1 N–H and O–H groups in total. The summed E-state index contributed by atoms with van der Waals surface area (Å²) >= 11 is 1.13.